The van der Waals surface area contributed by atoms with Crippen molar-refractivity contribution in [3.8, 4) is 0 Å². The number of carbonyl (C=O) groups is 1. The molecule has 1 heterocycles. The highest BCUT2D eigenvalue weighted by Gasteiger charge is 2.07. The lowest BCUT2D eigenvalue weighted by molar-refractivity contribution is 0.0974. The maximum atomic E-state index is 11.3. The fourth-order valence-electron chi connectivity index (χ4n) is 0.950. The Labute approximate surface area is 76.0 Å². The molecule has 3 nitrogen and oxygen atoms in total. The molecule has 1 rings (SSSR count). The van der Waals surface area contributed by atoms with E-state index in [1.807, 2.05) is 0 Å². The highest BCUT2D eigenvalue weighted by atomic mass is 32.1. The van der Waals surface area contributed by atoms with Gasteiger partial charge in [-0.25, -0.2) is 0 Å². The second-order valence-electron chi connectivity index (χ2n) is 2.67. The van der Waals surface area contributed by atoms with Gasteiger partial charge in [0.15, 0.2) is 5.78 Å². The molecule has 0 unspecified atom stereocenters. The zero-order valence-electron chi connectivity index (χ0n) is 7.12. The van der Waals surface area contributed by atoms with Gasteiger partial charge in [0.2, 0.25) is 0 Å². The molecule has 0 aliphatic carbocycles. The molecule has 0 radical (unpaired) electrons. The van der Waals surface area contributed by atoms with Crippen molar-refractivity contribution in [2.75, 3.05) is 0 Å². The fourth-order valence-corrected chi connectivity index (χ4v) is 1.41. The molecule has 66 valence electrons. The number of carbonyl (C=O) groups excluding carboxylic acids is 1. The Morgan fingerprint density at radius 1 is 1.58 bits per heavy atom. The van der Waals surface area contributed by atoms with Gasteiger partial charge in [0, 0.05) is 11.8 Å². The first kappa shape index (κ1) is 9.32. The molecule has 0 N–H and O–H groups in total. The van der Waals surface area contributed by atoms with Crippen LogP contribution in [0, 0.1) is 0 Å². The van der Waals surface area contributed by atoms with Gasteiger partial charge in [-0.2, -0.15) is 0 Å². The van der Waals surface area contributed by atoms with E-state index in [9.17, 15) is 4.79 Å². The molecule has 0 bridgehead atoms. The SMILES string of the molecule is CCCCCC(=O)c1csnn1. The van der Waals surface area contributed by atoms with Gasteiger partial charge in [-0.15, -0.1) is 5.10 Å². The van der Waals surface area contributed by atoms with Crippen molar-refractivity contribution in [1.29, 1.82) is 0 Å². The Morgan fingerprint density at radius 3 is 3.00 bits per heavy atom. The van der Waals surface area contributed by atoms with Crippen molar-refractivity contribution in [2.24, 2.45) is 0 Å². The molecule has 0 aromatic carbocycles. The topological polar surface area (TPSA) is 42.9 Å². The molecule has 1 aromatic rings. The Morgan fingerprint density at radius 2 is 2.42 bits per heavy atom. The van der Waals surface area contributed by atoms with Crippen LogP contribution in [0.2, 0.25) is 0 Å². The molecular formula is C8H12N2OS. The molecule has 0 fully saturated rings. The second kappa shape index (κ2) is 4.98. The van der Waals surface area contributed by atoms with Gasteiger partial charge in [0.05, 0.1) is 0 Å². The predicted molar refractivity (Wildman–Crippen MR) is 48.4 cm³/mol. The molecule has 0 atom stereocenters. The zero-order chi connectivity index (χ0) is 8.81. The Kier molecular flexibility index (Phi) is 3.87. The van der Waals surface area contributed by atoms with Gasteiger partial charge in [-0.3, -0.25) is 4.79 Å². The first-order chi connectivity index (χ1) is 5.84. The largest absolute Gasteiger partial charge is 0.292 e. The maximum Gasteiger partial charge on any atom is 0.183 e. The quantitative estimate of drug-likeness (QED) is 0.521. The summed E-state index contributed by atoms with van der Waals surface area (Å²) in [6.45, 7) is 2.12. The number of rotatable bonds is 5. The summed E-state index contributed by atoms with van der Waals surface area (Å²) in [6.07, 6.45) is 3.83. The molecule has 0 amide bonds. The molecule has 12 heavy (non-hydrogen) atoms. The smallest absolute Gasteiger partial charge is 0.183 e. The normalized spacial score (nSPS) is 10.1. The van der Waals surface area contributed by atoms with Crippen molar-refractivity contribution in [3.05, 3.63) is 11.1 Å². The van der Waals surface area contributed by atoms with Gasteiger partial charge >= 0.3 is 0 Å². The highest BCUT2D eigenvalue weighted by Crippen LogP contribution is 2.06. The van der Waals surface area contributed by atoms with E-state index in [0.717, 1.165) is 19.3 Å². The highest BCUT2D eigenvalue weighted by molar-refractivity contribution is 7.03. The molecular weight excluding hydrogens is 172 g/mol. The number of aromatic nitrogens is 2. The standard InChI is InChI=1S/C8H12N2OS/c1-2-3-4-5-8(11)7-6-12-10-9-7/h6H,2-5H2,1H3. The van der Waals surface area contributed by atoms with Crippen molar-refractivity contribution in [1.82, 2.24) is 9.59 Å². The molecule has 1 aromatic heterocycles. The van der Waals surface area contributed by atoms with E-state index in [2.05, 4.69) is 16.5 Å². The van der Waals surface area contributed by atoms with Crippen LogP contribution in [0.25, 0.3) is 0 Å². The molecule has 0 aliphatic heterocycles. The van der Waals surface area contributed by atoms with Crippen LogP contribution in [0.5, 0.6) is 0 Å². The average molecular weight is 184 g/mol. The minimum Gasteiger partial charge on any atom is -0.292 e. The summed E-state index contributed by atoms with van der Waals surface area (Å²) in [5.41, 5.74) is 0.524. The zero-order valence-corrected chi connectivity index (χ0v) is 7.93. The van der Waals surface area contributed by atoms with Crippen molar-refractivity contribution >= 4 is 17.3 Å². The van der Waals surface area contributed by atoms with E-state index >= 15 is 0 Å². The lowest BCUT2D eigenvalue weighted by atomic mass is 10.1. The summed E-state index contributed by atoms with van der Waals surface area (Å²) < 4.78 is 3.64. The first-order valence-electron chi connectivity index (χ1n) is 4.15. The molecule has 0 aliphatic rings. The summed E-state index contributed by atoms with van der Waals surface area (Å²) in [5, 5.41) is 5.42. The van der Waals surface area contributed by atoms with E-state index in [1.54, 1.807) is 5.38 Å². The minimum absolute atomic E-state index is 0.122. The number of nitrogens with zero attached hydrogens (tertiary/aromatic N) is 2. The average Bonchev–Trinajstić information content (AvgIpc) is 2.56. The first-order valence-corrected chi connectivity index (χ1v) is 4.98. The van der Waals surface area contributed by atoms with Crippen LogP contribution in [-0.2, 0) is 0 Å². The van der Waals surface area contributed by atoms with Crippen LogP contribution in [-0.4, -0.2) is 15.4 Å². The second-order valence-corrected chi connectivity index (χ2v) is 3.28. The Balaban J connectivity index is 2.30. The van der Waals surface area contributed by atoms with E-state index in [0.29, 0.717) is 12.1 Å². The van der Waals surface area contributed by atoms with Crippen molar-refractivity contribution in [2.45, 2.75) is 32.6 Å². The van der Waals surface area contributed by atoms with E-state index in [1.165, 1.54) is 11.5 Å². The lowest BCUT2D eigenvalue weighted by Crippen LogP contribution is -1.98. The summed E-state index contributed by atoms with van der Waals surface area (Å²) in [6, 6.07) is 0. The number of Topliss-reactive ketones (excluding diaryl/α,β-unsaturated/α-hetero) is 1. The van der Waals surface area contributed by atoms with E-state index in [-0.39, 0.29) is 5.78 Å². The third-order valence-electron chi connectivity index (χ3n) is 1.65. The number of ketones is 1. The number of unbranched alkanes of at least 4 members (excludes halogenated alkanes) is 2. The van der Waals surface area contributed by atoms with Crippen molar-refractivity contribution in [3.63, 3.8) is 0 Å². The van der Waals surface area contributed by atoms with Gasteiger partial charge in [-0.05, 0) is 18.0 Å². The summed E-state index contributed by atoms with van der Waals surface area (Å²) >= 11 is 1.23. The van der Waals surface area contributed by atoms with Crippen LogP contribution in [0.1, 0.15) is 43.1 Å². The van der Waals surface area contributed by atoms with Gasteiger partial charge < -0.3 is 0 Å². The molecule has 0 spiro atoms. The van der Waals surface area contributed by atoms with Crippen LogP contribution in [0.15, 0.2) is 5.38 Å². The minimum atomic E-state index is 0.122. The fraction of sp³-hybridized carbons (Fsp3) is 0.625. The maximum absolute atomic E-state index is 11.3. The van der Waals surface area contributed by atoms with Gasteiger partial charge in [0.1, 0.15) is 5.69 Å². The summed E-state index contributed by atoms with van der Waals surface area (Å²) in [5.74, 6) is 0.122. The van der Waals surface area contributed by atoms with E-state index < -0.39 is 0 Å². The third kappa shape index (κ3) is 2.70. The predicted octanol–water partition coefficient (Wildman–Crippen LogP) is 2.30. The van der Waals surface area contributed by atoms with Gasteiger partial charge in [0.25, 0.3) is 0 Å². The Bertz CT molecular complexity index is 233. The van der Waals surface area contributed by atoms with Crippen LogP contribution in [0.3, 0.4) is 0 Å². The molecule has 0 saturated heterocycles. The van der Waals surface area contributed by atoms with Crippen LogP contribution < -0.4 is 0 Å². The number of hydrogen-bond acceptors (Lipinski definition) is 4. The number of hydrogen-bond donors (Lipinski definition) is 0. The summed E-state index contributed by atoms with van der Waals surface area (Å²) in [4.78, 5) is 11.3. The Hall–Kier alpha value is -0.770. The van der Waals surface area contributed by atoms with E-state index in [4.69, 9.17) is 0 Å². The monoisotopic (exact) mass is 184 g/mol. The lowest BCUT2D eigenvalue weighted by Gasteiger charge is -1.94. The molecule has 0 saturated carbocycles. The van der Waals surface area contributed by atoms with Crippen molar-refractivity contribution < 1.29 is 4.79 Å². The molecule has 4 heteroatoms. The van der Waals surface area contributed by atoms with Gasteiger partial charge in [-0.1, -0.05) is 24.3 Å². The van der Waals surface area contributed by atoms with Crippen LogP contribution >= 0.6 is 11.5 Å². The van der Waals surface area contributed by atoms with Crippen LogP contribution in [0.4, 0.5) is 0 Å². The summed E-state index contributed by atoms with van der Waals surface area (Å²) in [7, 11) is 0. The third-order valence-corrected chi connectivity index (χ3v) is 2.16.